The quantitative estimate of drug-likeness (QED) is 0.498. The number of hydrogen-bond acceptors (Lipinski definition) is 3. The number of hydrogen-bond donors (Lipinski definition) is 2. The lowest BCUT2D eigenvalue weighted by molar-refractivity contribution is 0.0532. The molecule has 28 heavy (non-hydrogen) atoms. The molecule has 158 valence electrons. The average molecular weight is 397 g/mol. The second-order valence-corrected chi connectivity index (χ2v) is 7.43. The van der Waals surface area contributed by atoms with Gasteiger partial charge in [-0.05, 0) is 63.8 Å². The zero-order valence-corrected chi connectivity index (χ0v) is 17.3. The van der Waals surface area contributed by atoms with Crippen LogP contribution in [0.15, 0.2) is 23.2 Å². The molecule has 1 aromatic carbocycles. The van der Waals surface area contributed by atoms with E-state index < -0.39 is 5.82 Å². The number of piperidine rings is 1. The third-order valence-electron chi connectivity index (χ3n) is 4.79. The minimum absolute atomic E-state index is 0.277. The smallest absolute Gasteiger partial charge is 0.191 e. The van der Waals surface area contributed by atoms with Crippen LogP contribution in [0.1, 0.15) is 39.2 Å². The zero-order valence-electron chi connectivity index (χ0n) is 17.3. The summed E-state index contributed by atoms with van der Waals surface area (Å²) in [6.07, 6.45) is 2.74. The van der Waals surface area contributed by atoms with Crippen LogP contribution in [0.5, 0.6) is 0 Å². The molecule has 1 aliphatic rings. The van der Waals surface area contributed by atoms with Crippen LogP contribution in [0.3, 0.4) is 0 Å². The van der Waals surface area contributed by atoms with Crippen molar-refractivity contribution in [1.82, 2.24) is 15.5 Å². The largest absolute Gasteiger partial charge is 0.377 e. The normalized spacial score (nSPS) is 16.6. The molecule has 1 heterocycles. The monoisotopic (exact) mass is 396 g/mol. The standard InChI is InChI=1S/C21H34F2N4O/c1-4-24-21(25-10-7-17-15-18(22)5-6-20(17)23)26-19-8-11-27(12-9-19)13-14-28-16(2)3/h5-6,15-16,19H,4,7-14H2,1-3H3,(H2,24,25,26). The van der Waals surface area contributed by atoms with Crippen molar-refractivity contribution in [3.63, 3.8) is 0 Å². The topological polar surface area (TPSA) is 48.9 Å². The molecule has 0 radical (unpaired) electrons. The highest BCUT2D eigenvalue weighted by Crippen LogP contribution is 2.11. The van der Waals surface area contributed by atoms with Crippen LogP contribution in [0.4, 0.5) is 8.78 Å². The first-order valence-corrected chi connectivity index (χ1v) is 10.3. The first-order valence-electron chi connectivity index (χ1n) is 10.3. The molecule has 1 fully saturated rings. The summed E-state index contributed by atoms with van der Waals surface area (Å²) in [5, 5.41) is 6.71. The Morgan fingerprint density at radius 1 is 1.29 bits per heavy atom. The molecular weight excluding hydrogens is 362 g/mol. The summed E-state index contributed by atoms with van der Waals surface area (Å²) in [6, 6.07) is 3.91. The van der Waals surface area contributed by atoms with Crippen molar-refractivity contribution in [3.8, 4) is 0 Å². The Balaban J connectivity index is 1.77. The van der Waals surface area contributed by atoms with Gasteiger partial charge in [0.25, 0.3) is 0 Å². The molecule has 2 N–H and O–H groups in total. The predicted octanol–water partition coefficient (Wildman–Crippen LogP) is 2.95. The highest BCUT2D eigenvalue weighted by Gasteiger charge is 2.19. The van der Waals surface area contributed by atoms with Crippen molar-refractivity contribution >= 4 is 5.96 Å². The summed E-state index contributed by atoms with van der Waals surface area (Å²) in [6.45, 7) is 11.1. The second-order valence-electron chi connectivity index (χ2n) is 7.43. The van der Waals surface area contributed by atoms with Gasteiger partial charge >= 0.3 is 0 Å². The molecule has 0 bridgehead atoms. The molecule has 0 saturated carbocycles. The van der Waals surface area contributed by atoms with Gasteiger partial charge in [-0.15, -0.1) is 0 Å². The van der Waals surface area contributed by atoms with Crippen LogP contribution in [0.2, 0.25) is 0 Å². The molecule has 1 aliphatic heterocycles. The molecule has 2 rings (SSSR count). The molecule has 5 nitrogen and oxygen atoms in total. The summed E-state index contributed by atoms with van der Waals surface area (Å²) in [5.41, 5.74) is 0.358. The number of nitrogens with one attached hydrogen (secondary N) is 2. The number of halogens is 2. The minimum Gasteiger partial charge on any atom is -0.377 e. The molecule has 0 amide bonds. The van der Waals surface area contributed by atoms with Crippen molar-refractivity contribution in [3.05, 3.63) is 35.4 Å². The van der Waals surface area contributed by atoms with Crippen LogP contribution < -0.4 is 10.6 Å². The van der Waals surface area contributed by atoms with Gasteiger partial charge < -0.3 is 20.3 Å². The van der Waals surface area contributed by atoms with E-state index in [0.29, 0.717) is 24.6 Å². The summed E-state index contributed by atoms with van der Waals surface area (Å²) in [5.74, 6) is -0.0692. The zero-order chi connectivity index (χ0) is 20.4. The molecular formula is C21H34F2N4O. The molecule has 0 atom stereocenters. The van der Waals surface area contributed by atoms with Gasteiger partial charge in [-0.1, -0.05) is 0 Å². The lowest BCUT2D eigenvalue weighted by atomic mass is 10.1. The van der Waals surface area contributed by atoms with Gasteiger partial charge in [0.15, 0.2) is 5.96 Å². The number of likely N-dealkylation sites (tertiary alicyclic amines) is 1. The van der Waals surface area contributed by atoms with E-state index in [1.807, 2.05) is 6.92 Å². The Labute approximate surface area is 167 Å². The van der Waals surface area contributed by atoms with E-state index >= 15 is 0 Å². The lowest BCUT2D eigenvalue weighted by Gasteiger charge is -2.33. The van der Waals surface area contributed by atoms with E-state index in [1.54, 1.807) is 0 Å². The van der Waals surface area contributed by atoms with E-state index in [2.05, 4.69) is 34.4 Å². The number of nitrogens with zero attached hydrogens (tertiary/aromatic N) is 2. The fourth-order valence-corrected chi connectivity index (χ4v) is 3.25. The van der Waals surface area contributed by atoms with Crippen LogP contribution >= 0.6 is 0 Å². The Morgan fingerprint density at radius 3 is 2.71 bits per heavy atom. The highest BCUT2D eigenvalue weighted by atomic mass is 19.1. The highest BCUT2D eigenvalue weighted by molar-refractivity contribution is 5.80. The number of aliphatic imine (C=N–C) groups is 1. The number of rotatable bonds is 9. The van der Waals surface area contributed by atoms with Gasteiger partial charge in [-0.2, -0.15) is 0 Å². The second kappa shape index (κ2) is 12.0. The Hall–Kier alpha value is -1.73. The lowest BCUT2D eigenvalue weighted by Crippen LogP contribution is -2.49. The molecule has 0 aliphatic carbocycles. The van der Waals surface area contributed by atoms with Gasteiger partial charge in [-0.3, -0.25) is 4.99 Å². The molecule has 0 spiro atoms. The molecule has 0 aromatic heterocycles. The van der Waals surface area contributed by atoms with Gasteiger partial charge in [0.05, 0.1) is 12.7 Å². The summed E-state index contributed by atoms with van der Waals surface area (Å²) in [4.78, 5) is 6.96. The van der Waals surface area contributed by atoms with Crippen LogP contribution in [0, 0.1) is 11.6 Å². The molecule has 1 saturated heterocycles. The van der Waals surface area contributed by atoms with Crippen LogP contribution in [0.25, 0.3) is 0 Å². The number of guanidine groups is 1. The van der Waals surface area contributed by atoms with E-state index in [1.165, 1.54) is 6.07 Å². The van der Waals surface area contributed by atoms with Crippen LogP contribution in [-0.2, 0) is 11.2 Å². The molecule has 7 heteroatoms. The first kappa shape index (κ1) is 22.6. The third-order valence-corrected chi connectivity index (χ3v) is 4.79. The van der Waals surface area contributed by atoms with E-state index in [9.17, 15) is 8.78 Å². The summed E-state index contributed by atoms with van der Waals surface area (Å²) in [7, 11) is 0. The van der Waals surface area contributed by atoms with Gasteiger partial charge in [0.2, 0.25) is 0 Å². The molecule has 0 unspecified atom stereocenters. The minimum atomic E-state index is -0.420. The van der Waals surface area contributed by atoms with E-state index in [4.69, 9.17) is 4.74 Å². The van der Waals surface area contributed by atoms with Gasteiger partial charge in [-0.25, -0.2) is 8.78 Å². The maximum Gasteiger partial charge on any atom is 0.191 e. The number of ether oxygens (including phenoxy) is 1. The van der Waals surface area contributed by atoms with Crippen molar-refractivity contribution in [2.45, 2.75) is 52.2 Å². The van der Waals surface area contributed by atoms with Crippen molar-refractivity contribution < 1.29 is 13.5 Å². The Morgan fingerprint density at radius 2 is 2.04 bits per heavy atom. The van der Waals surface area contributed by atoms with Crippen molar-refractivity contribution in [2.24, 2.45) is 4.99 Å². The predicted molar refractivity (Wildman–Crippen MR) is 110 cm³/mol. The van der Waals surface area contributed by atoms with Crippen molar-refractivity contribution in [1.29, 1.82) is 0 Å². The van der Waals surface area contributed by atoms with Crippen LogP contribution in [-0.4, -0.2) is 62.3 Å². The van der Waals surface area contributed by atoms with Gasteiger partial charge in [0.1, 0.15) is 11.6 Å². The maximum absolute atomic E-state index is 13.7. The maximum atomic E-state index is 13.7. The first-order chi connectivity index (χ1) is 13.5. The average Bonchev–Trinajstić information content (AvgIpc) is 2.66. The Bertz CT molecular complexity index is 616. The Kier molecular flexibility index (Phi) is 9.64. The number of benzene rings is 1. The fourth-order valence-electron chi connectivity index (χ4n) is 3.25. The third kappa shape index (κ3) is 8.10. The molecule has 1 aromatic rings. The summed E-state index contributed by atoms with van der Waals surface area (Å²) >= 11 is 0. The van der Waals surface area contributed by atoms with E-state index in [0.717, 1.165) is 63.7 Å². The van der Waals surface area contributed by atoms with Gasteiger partial charge in [0, 0.05) is 38.8 Å². The fraction of sp³-hybridized carbons (Fsp3) is 0.667. The van der Waals surface area contributed by atoms with Crippen molar-refractivity contribution in [2.75, 3.05) is 39.3 Å². The summed E-state index contributed by atoms with van der Waals surface area (Å²) < 4.78 is 32.6. The SMILES string of the molecule is CCNC(=NCCc1cc(F)ccc1F)NC1CCN(CCOC(C)C)CC1. The van der Waals surface area contributed by atoms with E-state index in [-0.39, 0.29) is 11.9 Å².